The third-order valence-corrected chi connectivity index (χ3v) is 4.30. The number of ether oxygens (including phenoxy) is 1. The molecular weight excluding hydrogens is 206 g/mol. The molecule has 1 unspecified atom stereocenters. The maximum absolute atomic E-state index is 6.35. The van der Waals surface area contributed by atoms with Gasteiger partial charge in [-0.15, -0.1) is 11.3 Å². The third-order valence-electron chi connectivity index (χ3n) is 3.24. The summed E-state index contributed by atoms with van der Waals surface area (Å²) in [5.41, 5.74) is 7.78. The van der Waals surface area contributed by atoms with Crippen LogP contribution in [-0.2, 0) is 11.2 Å². The molecule has 0 spiro atoms. The highest BCUT2D eigenvalue weighted by Crippen LogP contribution is 2.33. The summed E-state index contributed by atoms with van der Waals surface area (Å²) in [5.74, 6) is 0.614. The van der Waals surface area contributed by atoms with Crippen molar-refractivity contribution in [2.75, 3.05) is 13.2 Å². The topological polar surface area (TPSA) is 35.2 Å². The van der Waals surface area contributed by atoms with Gasteiger partial charge in [0.05, 0.1) is 0 Å². The van der Waals surface area contributed by atoms with Crippen LogP contribution in [0.5, 0.6) is 0 Å². The SMILES string of the molecule is CCc1ccsc1C(N)C1CCOCC1. The Morgan fingerprint density at radius 2 is 2.27 bits per heavy atom. The lowest BCUT2D eigenvalue weighted by molar-refractivity contribution is 0.0586. The molecule has 1 aromatic heterocycles. The molecule has 0 radical (unpaired) electrons. The van der Waals surface area contributed by atoms with Crippen LogP contribution in [0.3, 0.4) is 0 Å². The maximum atomic E-state index is 6.35. The lowest BCUT2D eigenvalue weighted by Crippen LogP contribution is -2.27. The van der Waals surface area contributed by atoms with Gasteiger partial charge in [-0.25, -0.2) is 0 Å². The second kappa shape index (κ2) is 5.10. The molecule has 1 aromatic rings. The van der Waals surface area contributed by atoms with E-state index in [0.717, 1.165) is 32.5 Å². The van der Waals surface area contributed by atoms with Gasteiger partial charge in [0, 0.05) is 24.1 Å². The Labute approximate surface area is 95.4 Å². The monoisotopic (exact) mass is 225 g/mol. The average molecular weight is 225 g/mol. The summed E-state index contributed by atoms with van der Waals surface area (Å²) in [4.78, 5) is 1.39. The van der Waals surface area contributed by atoms with E-state index < -0.39 is 0 Å². The van der Waals surface area contributed by atoms with Crippen LogP contribution in [0.25, 0.3) is 0 Å². The predicted octanol–water partition coefficient (Wildman–Crippen LogP) is 2.74. The van der Waals surface area contributed by atoms with Gasteiger partial charge in [0.25, 0.3) is 0 Å². The fourth-order valence-corrected chi connectivity index (χ4v) is 3.31. The Bertz CT molecular complexity index is 304. The first-order valence-electron chi connectivity index (χ1n) is 5.72. The predicted molar refractivity (Wildman–Crippen MR) is 64.2 cm³/mol. The molecule has 0 aliphatic carbocycles. The Morgan fingerprint density at radius 3 is 2.93 bits per heavy atom. The maximum Gasteiger partial charge on any atom is 0.0469 e. The van der Waals surface area contributed by atoms with Crippen LogP contribution in [0.15, 0.2) is 11.4 Å². The lowest BCUT2D eigenvalue weighted by Gasteiger charge is -2.27. The fourth-order valence-electron chi connectivity index (χ4n) is 2.22. The molecule has 1 saturated heterocycles. The lowest BCUT2D eigenvalue weighted by atomic mass is 9.90. The van der Waals surface area contributed by atoms with E-state index >= 15 is 0 Å². The Balaban J connectivity index is 2.08. The smallest absolute Gasteiger partial charge is 0.0469 e. The van der Waals surface area contributed by atoms with Crippen LogP contribution in [0.2, 0.25) is 0 Å². The van der Waals surface area contributed by atoms with Crippen molar-refractivity contribution in [3.63, 3.8) is 0 Å². The van der Waals surface area contributed by atoms with E-state index in [1.165, 1.54) is 10.4 Å². The van der Waals surface area contributed by atoms with E-state index in [2.05, 4.69) is 18.4 Å². The van der Waals surface area contributed by atoms with Crippen LogP contribution in [-0.4, -0.2) is 13.2 Å². The summed E-state index contributed by atoms with van der Waals surface area (Å²) in [7, 11) is 0. The molecule has 2 nitrogen and oxygen atoms in total. The van der Waals surface area contributed by atoms with Gasteiger partial charge in [-0.05, 0) is 42.2 Å². The number of nitrogens with two attached hydrogens (primary N) is 1. The van der Waals surface area contributed by atoms with Crippen LogP contribution >= 0.6 is 11.3 Å². The van der Waals surface area contributed by atoms with Gasteiger partial charge >= 0.3 is 0 Å². The Morgan fingerprint density at radius 1 is 1.53 bits per heavy atom. The van der Waals surface area contributed by atoms with E-state index in [4.69, 9.17) is 10.5 Å². The second-order valence-electron chi connectivity index (χ2n) is 4.14. The number of aryl methyl sites for hydroxylation is 1. The van der Waals surface area contributed by atoms with E-state index in [0.29, 0.717) is 5.92 Å². The molecule has 0 amide bonds. The highest BCUT2D eigenvalue weighted by Gasteiger charge is 2.24. The molecule has 1 aliphatic heterocycles. The first-order valence-corrected chi connectivity index (χ1v) is 6.60. The van der Waals surface area contributed by atoms with Crippen molar-refractivity contribution in [2.24, 2.45) is 11.7 Å². The minimum atomic E-state index is 0.226. The van der Waals surface area contributed by atoms with Gasteiger partial charge in [-0.3, -0.25) is 0 Å². The molecular formula is C12H19NOS. The van der Waals surface area contributed by atoms with Gasteiger partial charge in [0.2, 0.25) is 0 Å². The normalized spacial score (nSPS) is 20.4. The van der Waals surface area contributed by atoms with Crippen LogP contribution in [0, 0.1) is 5.92 Å². The molecule has 2 heterocycles. The molecule has 3 heteroatoms. The van der Waals surface area contributed by atoms with Crippen molar-refractivity contribution < 1.29 is 4.74 Å². The molecule has 2 rings (SSSR count). The molecule has 1 fully saturated rings. The zero-order chi connectivity index (χ0) is 10.7. The summed E-state index contributed by atoms with van der Waals surface area (Å²) >= 11 is 1.81. The molecule has 15 heavy (non-hydrogen) atoms. The number of hydrogen-bond acceptors (Lipinski definition) is 3. The fraction of sp³-hybridized carbons (Fsp3) is 0.667. The van der Waals surface area contributed by atoms with Gasteiger partial charge in [-0.1, -0.05) is 6.92 Å². The largest absolute Gasteiger partial charge is 0.381 e. The first-order chi connectivity index (χ1) is 7.33. The Hall–Kier alpha value is -0.380. The summed E-state index contributed by atoms with van der Waals surface area (Å²) in [6, 6.07) is 2.43. The first kappa shape index (κ1) is 11.1. The molecule has 2 N–H and O–H groups in total. The van der Waals surface area contributed by atoms with E-state index in [-0.39, 0.29) is 6.04 Å². The highest BCUT2D eigenvalue weighted by atomic mass is 32.1. The number of rotatable bonds is 3. The summed E-state index contributed by atoms with van der Waals surface area (Å²) in [6.07, 6.45) is 3.32. The quantitative estimate of drug-likeness (QED) is 0.858. The minimum absolute atomic E-state index is 0.226. The van der Waals surface area contributed by atoms with Gasteiger partial charge in [0.15, 0.2) is 0 Å². The summed E-state index contributed by atoms with van der Waals surface area (Å²) in [6.45, 7) is 3.96. The van der Waals surface area contributed by atoms with Crippen molar-refractivity contribution in [3.05, 3.63) is 21.9 Å². The Kier molecular flexibility index (Phi) is 3.78. The minimum Gasteiger partial charge on any atom is -0.381 e. The van der Waals surface area contributed by atoms with E-state index in [9.17, 15) is 0 Å². The summed E-state index contributed by atoms with van der Waals surface area (Å²) < 4.78 is 5.37. The zero-order valence-electron chi connectivity index (χ0n) is 9.24. The second-order valence-corrected chi connectivity index (χ2v) is 5.09. The van der Waals surface area contributed by atoms with Crippen molar-refractivity contribution in [1.29, 1.82) is 0 Å². The average Bonchev–Trinajstić information content (AvgIpc) is 2.77. The molecule has 0 bridgehead atoms. The van der Waals surface area contributed by atoms with Gasteiger partial charge in [0.1, 0.15) is 0 Å². The van der Waals surface area contributed by atoms with Crippen molar-refractivity contribution in [3.8, 4) is 0 Å². The van der Waals surface area contributed by atoms with Gasteiger partial charge in [-0.2, -0.15) is 0 Å². The van der Waals surface area contributed by atoms with Crippen molar-refractivity contribution in [2.45, 2.75) is 32.2 Å². The standard InChI is InChI=1S/C12H19NOS/c1-2-9-5-8-15-12(9)11(13)10-3-6-14-7-4-10/h5,8,10-11H,2-4,6-7,13H2,1H3. The highest BCUT2D eigenvalue weighted by molar-refractivity contribution is 7.10. The van der Waals surface area contributed by atoms with E-state index in [1.54, 1.807) is 0 Å². The van der Waals surface area contributed by atoms with Crippen LogP contribution in [0.1, 0.15) is 36.2 Å². The molecule has 84 valence electrons. The molecule has 0 aromatic carbocycles. The third kappa shape index (κ3) is 2.41. The molecule has 1 aliphatic rings. The summed E-state index contributed by atoms with van der Waals surface area (Å²) in [5, 5.41) is 2.16. The molecule has 0 saturated carbocycles. The van der Waals surface area contributed by atoms with Crippen molar-refractivity contribution >= 4 is 11.3 Å². The number of hydrogen-bond donors (Lipinski definition) is 1. The van der Waals surface area contributed by atoms with Gasteiger partial charge < -0.3 is 10.5 Å². The van der Waals surface area contributed by atoms with Crippen molar-refractivity contribution in [1.82, 2.24) is 0 Å². The van der Waals surface area contributed by atoms with E-state index in [1.807, 2.05) is 11.3 Å². The van der Waals surface area contributed by atoms with Crippen LogP contribution in [0.4, 0.5) is 0 Å². The molecule has 1 atom stereocenters. The number of thiophene rings is 1. The van der Waals surface area contributed by atoms with Crippen LogP contribution < -0.4 is 5.73 Å². The zero-order valence-corrected chi connectivity index (χ0v) is 10.1.